The zero-order valence-electron chi connectivity index (χ0n) is 14.8. The van der Waals surface area contributed by atoms with Crippen LogP contribution in [0.2, 0.25) is 0 Å². The number of furan rings is 1. The Morgan fingerprint density at radius 3 is 2.65 bits per heavy atom. The lowest BCUT2D eigenvalue weighted by Gasteiger charge is -2.20. The van der Waals surface area contributed by atoms with Crippen molar-refractivity contribution in [1.29, 1.82) is 0 Å². The fraction of sp³-hybridized carbons (Fsp3) is 0.350. The van der Waals surface area contributed by atoms with Gasteiger partial charge in [-0.2, -0.15) is 0 Å². The molecule has 2 aliphatic rings. The van der Waals surface area contributed by atoms with E-state index in [-0.39, 0.29) is 5.91 Å². The number of nitrogens with one attached hydrogen (secondary N) is 1. The van der Waals surface area contributed by atoms with E-state index in [9.17, 15) is 4.79 Å². The molecule has 0 spiro atoms. The molecule has 1 fully saturated rings. The topological polar surface area (TPSA) is 60.7 Å². The van der Waals surface area contributed by atoms with Gasteiger partial charge in [-0.25, -0.2) is 0 Å². The molecule has 26 heavy (non-hydrogen) atoms. The first-order chi connectivity index (χ1) is 12.6. The maximum Gasteiger partial charge on any atom is 0.248 e. The predicted octanol–water partition coefficient (Wildman–Crippen LogP) is 4.55. The van der Waals surface area contributed by atoms with Crippen LogP contribution in [0.15, 0.2) is 39.7 Å². The zero-order valence-corrected chi connectivity index (χ0v) is 15.6. The van der Waals surface area contributed by atoms with E-state index >= 15 is 0 Å². The average Bonchev–Trinajstić information content (AvgIpc) is 3.19. The van der Waals surface area contributed by atoms with Crippen molar-refractivity contribution in [2.24, 2.45) is 5.92 Å². The fourth-order valence-corrected chi connectivity index (χ4v) is 3.60. The zero-order chi connectivity index (χ0) is 18.1. The molecule has 2 unspecified atom stereocenters. The molecule has 1 aliphatic heterocycles. The Balaban J connectivity index is 1.45. The van der Waals surface area contributed by atoms with Gasteiger partial charge in [-0.15, -0.1) is 11.8 Å². The molecule has 1 saturated carbocycles. The van der Waals surface area contributed by atoms with E-state index < -0.39 is 0 Å². The molecular weight excluding hydrogens is 350 g/mol. The minimum Gasteiger partial charge on any atom is -0.486 e. The molecule has 2 heterocycles. The first-order valence-electron chi connectivity index (χ1n) is 8.70. The van der Waals surface area contributed by atoms with Crippen molar-refractivity contribution in [3.05, 3.63) is 41.9 Å². The lowest BCUT2D eigenvalue weighted by molar-refractivity contribution is -0.111. The highest BCUT2D eigenvalue weighted by Gasteiger charge is 2.36. The molecule has 1 aromatic carbocycles. The Labute approximate surface area is 156 Å². The molecule has 2 aromatic rings. The largest absolute Gasteiger partial charge is 0.486 e. The van der Waals surface area contributed by atoms with E-state index in [4.69, 9.17) is 13.9 Å². The molecule has 1 amide bonds. The smallest absolute Gasteiger partial charge is 0.248 e. The van der Waals surface area contributed by atoms with Gasteiger partial charge in [0.05, 0.1) is 5.69 Å². The normalized spacial score (nSPS) is 21.0. The number of hydrogen-bond acceptors (Lipinski definition) is 5. The van der Waals surface area contributed by atoms with Crippen molar-refractivity contribution in [3.8, 4) is 11.5 Å². The number of hydrogen-bond donors (Lipinski definition) is 1. The van der Waals surface area contributed by atoms with Crippen molar-refractivity contribution in [2.75, 3.05) is 24.8 Å². The second kappa shape index (κ2) is 7.11. The van der Waals surface area contributed by atoms with Crippen molar-refractivity contribution in [2.45, 2.75) is 24.2 Å². The van der Waals surface area contributed by atoms with Crippen LogP contribution in [0.3, 0.4) is 0 Å². The van der Waals surface area contributed by atoms with Crippen LogP contribution in [-0.2, 0) is 4.79 Å². The van der Waals surface area contributed by atoms with Gasteiger partial charge in [-0.05, 0) is 42.9 Å². The number of benzene rings is 1. The molecule has 6 heteroatoms. The number of carbonyl (C=O) groups is 1. The number of amides is 1. The summed E-state index contributed by atoms with van der Waals surface area (Å²) in [4.78, 5) is 13.2. The summed E-state index contributed by atoms with van der Waals surface area (Å²) in [6.07, 6.45) is 6.32. The molecular formula is C20H21NO4S. The van der Waals surface area contributed by atoms with Crippen molar-refractivity contribution >= 4 is 29.4 Å². The van der Waals surface area contributed by atoms with Crippen molar-refractivity contribution in [1.82, 2.24) is 0 Å². The number of thioether (sulfide) groups is 1. The highest BCUT2D eigenvalue weighted by Crippen LogP contribution is 2.47. The Bertz CT molecular complexity index is 857. The molecule has 0 radical (unpaired) electrons. The summed E-state index contributed by atoms with van der Waals surface area (Å²) < 4.78 is 17.0. The van der Waals surface area contributed by atoms with Crippen LogP contribution in [0, 0.1) is 5.92 Å². The Morgan fingerprint density at radius 1 is 1.23 bits per heavy atom. The molecule has 4 rings (SSSR count). The minimum atomic E-state index is -0.213. The van der Waals surface area contributed by atoms with Gasteiger partial charge in [0.2, 0.25) is 5.91 Å². The average molecular weight is 371 g/mol. The second-order valence-corrected chi connectivity index (χ2v) is 7.43. The molecule has 5 nitrogen and oxygen atoms in total. The molecule has 0 bridgehead atoms. The summed E-state index contributed by atoms with van der Waals surface area (Å²) in [5.41, 5.74) is 0.711. The Hall–Kier alpha value is -2.34. The maximum absolute atomic E-state index is 12.3. The number of rotatable bonds is 5. The highest BCUT2D eigenvalue weighted by molar-refractivity contribution is 7.98. The number of anilines is 1. The predicted molar refractivity (Wildman–Crippen MR) is 102 cm³/mol. The van der Waals surface area contributed by atoms with Crippen LogP contribution in [0.4, 0.5) is 5.69 Å². The van der Waals surface area contributed by atoms with E-state index in [1.807, 2.05) is 30.5 Å². The van der Waals surface area contributed by atoms with Gasteiger partial charge in [0.15, 0.2) is 11.5 Å². The van der Waals surface area contributed by atoms with E-state index in [0.717, 1.165) is 10.7 Å². The van der Waals surface area contributed by atoms with E-state index in [2.05, 4.69) is 12.2 Å². The van der Waals surface area contributed by atoms with Gasteiger partial charge in [0, 0.05) is 23.0 Å². The van der Waals surface area contributed by atoms with Crippen LogP contribution in [-0.4, -0.2) is 25.4 Å². The van der Waals surface area contributed by atoms with Crippen LogP contribution >= 0.6 is 11.8 Å². The fourth-order valence-electron chi connectivity index (χ4n) is 3.04. The molecule has 0 saturated heterocycles. The third kappa shape index (κ3) is 3.60. The molecule has 1 N–H and O–H groups in total. The first-order valence-corrected chi connectivity index (χ1v) is 9.93. The van der Waals surface area contributed by atoms with Gasteiger partial charge in [0.25, 0.3) is 0 Å². The summed E-state index contributed by atoms with van der Waals surface area (Å²) in [7, 11) is 0. The summed E-state index contributed by atoms with van der Waals surface area (Å²) in [6, 6.07) is 7.61. The first kappa shape index (κ1) is 17.1. The van der Waals surface area contributed by atoms with E-state index in [1.54, 1.807) is 17.8 Å². The number of carbonyl (C=O) groups excluding carboxylic acids is 1. The summed E-state index contributed by atoms with van der Waals surface area (Å²) in [5.74, 6) is 4.09. The SMILES string of the molecule is CSc1cc2c(cc1NC(=O)/C=C/c1ccc(C3CC3C)o1)OCCO2. The lowest BCUT2D eigenvalue weighted by Crippen LogP contribution is -2.16. The third-order valence-electron chi connectivity index (χ3n) is 4.64. The standard InChI is InChI=1S/C20H21NO4S/c1-12-9-14(12)16-5-3-13(25-16)4-6-20(22)21-15-10-17-18(11-19(15)26-2)24-8-7-23-17/h3-6,10-12,14H,7-9H2,1-2H3,(H,21,22)/b6-4+. The van der Waals surface area contributed by atoms with Gasteiger partial charge in [0.1, 0.15) is 24.7 Å². The molecule has 2 atom stereocenters. The summed E-state index contributed by atoms with van der Waals surface area (Å²) >= 11 is 1.55. The number of ether oxygens (including phenoxy) is 2. The third-order valence-corrected chi connectivity index (χ3v) is 5.42. The lowest BCUT2D eigenvalue weighted by atomic mass is 10.2. The van der Waals surface area contributed by atoms with Crippen LogP contribution in [0.5, 0.6) is 11.5 Å². The van der Waals surface area contributed by atoms with Crippen LogP contribution < -0.4 is 14.8 Å². The Kier molecular flexibility index (Phi) is 4.68. The van der Waals surface area contributed by atoms with Gasteiger partial charge >= 0.3 is 0 Å². The minimum absolute atomic E-state index is 0.213. The maximum atomic E-state index is 12.3. The van der Waals surface area contributed by atoms with Gasteiger partial charge in [-0.3, -0.25) is 4.79 Å². The van der Waals surface area contributed by atoms with Crippen molar-refractivity contribution in [3.63, 3.8) is 0 Å². The van der Waals surface area contributed by atoms with Crippen LogP contribution in [0.25, 0.3) is 6.08 Å². The quantitative estimate of drug-likeness (QED) is 0.617. The van der Waals surface area contributed by atoms with E-state index in [0.29, 0.717) is 48.0 Å². The van der Waals surface area contributed by atoms with Gasteiger partial charge < -0.3 is 19.2 Å². The van der Waals surface area contributed by atoms with Crippen LogP contribution in [0.1, 0.15) is 30.8 Å². The molecule has 1 aromatic heterocycles. The van der Waals surface area contributed by atoms with E-state index in [1.165, 1.54) is 12.5 Å². The van der Waals surface area contributed by atoms with Gasteiger partial charge in [-0.1, -0.05) is 6.92 Å². The second-order valence-electron chi connectivity index (χ2n) is 6.58. The molecule has 1 aliphatic carbocycles. The molecule has 136 valence electrons. The summed E-state index contributed by atoms with van der Waals surface area (Å²) in [5, 5.41) is 2.91. The monoisotopic (exact) mass is 371 g/mol. The number of fused-ring (bicyclic) bond motifs is 1. The van der Waals surface area contributed by atoms with Crippen molar-refractivity contribution < 1.29 is 18.7 Å². The Morgan fingerprint density at radius 2 is 1.96 bits per heavy atom. The highest BCUT2D eigenvalue weighted by atomic mass is 32.2. The summed E-state index contributed by atoms with van der Waals surface area (Å²) in [6.45, 7) is 3.27.